The van der Waals surface area contributed by atoms with Crippen molar-refractivity contribution in [2.24, 2.45) is 5.10 Å². The van der Waals surface area contributed by atoms with Crippen LogP contribution in [0.4, 0.5) is 4.79 Å². The van der Waals surface area contributed by atoms with Crippen molar-refractivity contribution in [3.8, 4) is 23.0 Å². The second-order valence-corrected chi connectivity index (χ2v) is 8.52. The van der Waals surface area contributed by atoms with Gasteiger partial charge in [-0.05, 0) is 36.8 Å². The standard InChI is InChI=1S/C24H25BrN4O8/c1-12-20(23(32)36-4)21(28-24(33)27-12)13-5-6-16(17(8-13)34-2)37-11-19(30)29-26-10-14-7-15(25)9-18(35-3)22(14)31/h5-10,21,31H,11H2,1-4H3,(H,29,30)(H2,27,28,33)/b26-10-/t21-/m0/s1. The molecule has 3 rings (SSSR count). The second-order valence-electron chi connectivity index (χ2n) is 7.60. The van der Waals surface area contributed by atoms with Crippen molar-refractivity contribution in [1.29, 1.82) is 0 Å². The molecule has 1 aliphatic heterocycles. The predicted octanol–water partition coefficient (Wildman–Crippen LogP) is 2.50. The van der Waals surface area contributed by atoms with E-state index in [0.29, 0.717) is 21.3 Å². The van der Waals surface area contributed by atoms with Crippen LogP contribution in [0.5, 0.6) is 23.0 Å². The lowest BCUT2D eigenvalue weighted by atomic mass is 9.95. The normalized spacial score (nSPS) is 15.1. The number of rotatable bonds is 9. The fourth-order valence-corrected chi connectivity index (χ4v) is 3.96. The number of urea groups is 1. The minimum Gasteiger partial charge on any atom is -0.504 e. The summed E-state index contributed by atoms with van der Waals surface area (Å²) in [7, 11) is 4.08. The van der Waals surface area contributed by atoms with E-state index >= 15 is 0 Å². The molecule has 0 aromatic heterocycles. The van der Waals surface area contributed by atoms with E-state index in [9.17, 15) is 19.5 Å². The van der Waals surface area contributed by atoms with Crippen molar-refractivity contribution in [2.45, 2.75) is 13.0 Å². The first-order valence-electron chi connectivity index (χ1n) is 10.7. The summed E-state index contributed by atoms with van der Waals surface area (Å²) in [4.78, 5) is 36.5. The Labute approximate surface area is 220 Å². The van der Waals surface area contributed by atoms with Crippen LogP contribution in [0.1, 0.15) is 24.1 Å². The number of methoxy groups -OCH3 is 3. The first-order chi connectivity index (χ1) is 17.7. The van der Waals surface area contributed by atoms with Crippen molar-refractivity contribution < 1.29 is 38.4 Å². The number of phenolic OH excluding ortho intramolecular Hbond substituents is 1. The number of hydrogen-bond acceptors (Lipinski definition) is 9. The van der Waals surface area contributed by atoms with Crippen LogP contribution in [0.15, 0.2) is 51.2 Å². The fraction of sp³-hybridized carbons (Fsp3) is 0.250. The number of nitrogens with one attached hydrogen (secondary N) is 3. The monoisotopic (exact) mass is 576 g/mol. The maximum atomic E-state index is 12.3. The van der Waals surface area contributed by atoms with Gasteiger partial charge in [-0.15, -0.1) is 0 Å². The predicted molar refractivity (Wildman–Crippen MR) is 136 cm³/mol. The number of phenols is 1. The van der Waals surface area contributed by atoms with Gasteiger partial charge in [-0.2, -0.15) is 5.10 Å². The number of amides is 3. The van der Waals surface area contributed by atoms with Crippen molar-refractivity contribution in [3.05, 3.63) is 57.2 Å². The Morgan fingerprint density at radius 1 is 1.14 bits per heavy atom. The maximum absolute atomic E-state index is 12.3. The molecule has 1 atom stereocenters. The Hall–Kier alpha value is -4.26. The molecule has 0 saturated heterocycles. The molecule has 0 aliphatic carbocycles. The van der Waals surface area contributed by atoms with Crippen LogP contribution in [0.2, 0.25) is 0 Å². The number of ether oxygens (including phenoxy) is 4. The first-order valence-corrected chi connectivity index (χ1v) is 11.5. The summed E-state index contributed by atoms with van der Waals surface area (Å²) in [6.45, 7) is 1.21. The third kappa shape index (κ3) is 6.50. The van der Waals surface area contributed by atoms with Crippen LogP contribution in [-0.2, 0) is 14.3 Å². The molecule has 2 aromatic rings. The zero-order valence-corrected chi connectivity index (χ0v) is 22.0. The molecule has 0 bridgehead atoms. The molecule has 12 nitrogen and oxygen atoms in total. The van der Waals surface area contributed by atoms with Gasteiger partial charge in [-0.1, -0.05) is 22.0 Å². The Kier molecular flexibility index (Phi) is 8.95. The summed E-state index contributed by atoms with van der Waals surface area (Å²) in [5, 5.41) is 19.2. The Balaban J connectivity index is 1.69. The van der Waals surface area contributed by atoms with Gasteiger partial charge in [0.2, 0.25) is 0 Å². The number of esters is 1. The number of allylic oxidation sites excluding steroid dienone is 1. The number of benzene rings is 2. The first kappa shape index (κ1) is 27.3. The molecule has 4 N–H and O–H groups in total. The molecule has 3 amide bonds. The van der Waals surface area contributed by atoms with Crippen molar-refractivity contribution in [1.82, 2.24) is 16.1 Å². The molecule has 2 aromatic carbocycles. The highest BCUT2D eigenvalue weighted by Gasteiger charge is 2.32. The van der Waals surface area contributed by atoms with Gasteiger partial charge in [0.1, 0.15) is 0 Å². The van der Waals surface area contributed by atoms with Gasteiger partial charge in [-0.25, -0.2) is 15.0 Å². The van der Waals surface area contributed by atoms with Crippen LogP contribution in [0.3, 0.4) is 0 Å². The quantitative estimate of drug-likeness (QED) is 0.201. The minimum absolute atomic E-state index is 0.130. The average Bonchev–Trinajstić information content (AvgIpc) is 2.88. The highest BCUT2D eigenvalue weighted by Crippen LogP contribution is 2.35. The van der Waals surface area contributed by atoms with E-state index in [0.717, 1.165) is 0 Å². The lowest BCUT2D eigenvalue weighted by Gasteiger charge is -2.28. The van der Waals surface area contributed by atoms with Crippen LogP contribution in [-0.4, -0.2) is 57.2 Å². The highest BCUT2D eigenvalue weighted by atomic mass is 79.9. The topological polar surface area (TPSA) is 157 Å². The molecule has 0 spiro atoms. The van der Waals surface area contributed by atoms with E-state index in [1.807, 2.05) is 0 Å². The number of hydrazone groups is 1. The molecule has 196 valence electrons. The smallest absolute Gasteiger partial charge is 0.337 e. The lowest BCUT2D eigenvalue weighted by Crippen LogP contribution is -2.45. The van der Waals surface area contributed by atoms with Crippen LogP contribution in [0, 0.1) is 0 Å². The van der Waals surface area contributed by atoms with Crippen molar-refractivity contribution >= 4 is 40.1 Å². The SMILES string of the molecule is COC(=O)C1=C(C)NC(=O)N[C@H]1c1ccc(OCC(=O)N/N=C\c2cc(Br)cc(OC)c2O)c(OC)c1. The molecule has 0 saturated carbocycles. The van der Waals surface area contributed by atoms with E-state index in [1.165, 1.54) is 27.5 Å². The Bertz CT molecular complexity index is 1280. The summed E-state index contributed by atoms with van der Waals surface area (Å²) in [6, 6.07) is 6.70. The zero-order chi connectivity index (χ0) is 27.1. The van der Waals surface area contributed by atoms with Crippen LogP contribution in [0.25, 0.3) is 0 Å². The Morgan fingerprint density at radius 2 is 1.86 bits per heavy atom. The summed E-state index contributed by atoms with van der Waals surface area (Å²) in [6.07, 6.45) is 1.26. The molecule has 1 aliphatic rings. The molecule has 1 heterocycles. The van der Waals surface area contributed by atoms with Crippen LogP contribution < -0.4 is 30.3 Å². The third-order valence-electron chi connectivity index (χ3n) is 5.24. The minimum atomic E-state index is -0.783. The number of halogens is 1. The maximum Gasteiger partial charge on any atom is 0.337 e. The molecular formula is C24H25BrN4O8. The van der Waals surface area contributed by atoms with Gasteiger partial charge < -0.3 is 34.7 Å². The van der Waals surface area contributed by atoms with E-state index in [-0.39, 0.29) is 28.6 Å². The summed E-state index contributed by atoms with van der Waals surface area (Å²) in [5.74, 6) is -0.526. The summed E-state index contributed by atoms with van der Waals surface area (Å²) in [5.41, 5.74) is 3.78. The van der Waals surface area contributed by atoms with Gasteiger partial charge >= 0.3 is 12.0 Å². The summed E-state index contributed by atoms with van der Waals surface area (Å²) < 4.78 is 21.5. The van der Waals surface area contributed by atoms with Gasteiger partial charge in [0.05, 0.1) is 39.2 Å². The number of aromatic hydroxyl groups is 1. The largest absolute Gasteiger partial charge is 0.504 e. The molecule has 13 heteroatoms. The number of carbonyl (C=O) groups excluding carboxylic acids is 3. The number of carbonyl (C=O) groups is 3. The van der Waals surface area contributed by atoms with Gasteiger partial charge in [0.15, 0.2) is 29.6 Å². The van der Waals surface area contributed by atoms with E-state index in [2.05, 4.69) is 37.1 Å². The van der Waals surface area contributed by atoms with Crippen molar-refractivity contribution in [3.63, 3.8) is 0 Å². The Morgan fingerprint density at radius 3 is 2.54 bits per heavy atom. The molecular weight excluding hydrogens is 552 g/mol. The van der Waals surface area contributed by atoms with E-state index < -0.39 is 30.6 Å². The number of nitrogens with zero attached hydrogens (tertiary/aromatic N) is 1. The molecule has 0 fully saturated rings. The number of hydrogen-bond donors (Lipinski definition) is 4. The fourth-order valence-electron chi connectivity index (χ4n) is 3.51. The zero-order valence-electron chi connectivity index (χ0n) is 20.4. The average molecular weight is 577 g/mol. The highest BCUT2D eigenvalue weighted by molar-refractivity contribution is 9.10. The molecule has 37 heavy (non-hydrogen) atoms. The van der Waals surface area contributed by atoms with E-state index in [1.54, 1.807) is 37.3 Å². The summed E-state index contributed by atoms with van der Waals surface area (Å²) >= 11 is 3.30. The van der Waals surface area contributed by atoms with E-state index in [4.69, 9.17) is 18.9 Å². The third-order valence-corrected chi connectivity index (χ3v) is 5.69. The lowest BCUT2D eigenvalue weighted by molar-refractivity contribution is -0.136. The van der Waals surface area contributed by atoms with Gasteiger partial charge in [0, 0.05) is 15.7 Å². The molecule has 0 unspecified atom stereocenters. The second kappa shape index (κ2) is 12.1. The van der Waals surface area contributed by atoms with Gasteiger partial charge in [0.25, 0.3) is 5.91 Å². The van der Waals surface area contributed by atoms with Gasteiger partial charge in [-0.3, -0.25) is 4.79 Å². The molecule has 0 radical (unpaired) electrons. The van der Waals surface area contributed by atoms with Crippen LogP contribution >= 0.6 is 15.9 Å². The van der Waals surface area contributed by atoms with Crippen molar-refractivity contribution in [2.75, 3.05) is 27.9 Å².